The molecule has 1 aromatic carbocycles. The minimum atomic E-state index is -0.252. The van der Waals surface area contributed by atoms with E-state index in [-0.39, 0.29) is 5.82 Å². The van der Waals surface area contributed by atoms with Gasteiger partial charge in [-0.2, -0.15) is 9.97 Å². The third-order valence-corrected chi connectivity index (χ3v) is 5.85. The highest BCUT2D eigenvalue weighted by Gasteiger charge is 2.21. The molecule has 7 nitrogen and oxygen atoms in total. The first-order chi connectivity index (χ1) is 15.1. The van der Waals surface area contributed by atoms with Gasteiger partial charge in [-0.3, -0.25) is 0 Å². The lowest BCUT2D eigenvalue weighted by molar-refractivity contribution is 0.122. The standard InChI is InChI=1S/C22H29FN6OS/c1-16-3-2-8-29(15-16)20-13-19(28-9-11-30-12-10-28)25-21(26-20)27-22(31)24-14-17-4-6-18(23)7-5-17/h4-7,13,16H,2-3,8-12,14-15H2,1H3,(H2,24,25,26,27,31)/t16-/m1/s1. The Hall–Kier alpha value is -2.52. The average Bonchev–Trinajstić information content (AvgIpc) is 2.79. The molecule has 2 aliphatic heterocycles. The predicted molar refractivity (Wildman–Crippen MR) is 125 cm³/mol. The number of aromatic nitrogens is 2. The number of thiocarbonyl (C=S) groups is 1. The predicted octanol–water partition coefficient (Wildman–Crippen LogP) is 3.18. The second-order valence-electron chi connectivity index (χ2n) is 8.13. The number of rotatable bonds is 5. The van der Waals surface area contributed by atoms with E-state index in [0.717, 1.165) is 43.4 Å². The Morgan fingerprint density at radius 2 is 1.84 bits per heavy atom. The van der Waals surface area contributed by atoms with E-state index < -0.39 is 0 Å². The van der Waals surface area contributed by atoms with Crippen molar-refractivity contribution in [2.75, 3.05) is 54.5 Å². The Bertz CT molecular complexity index is 890. The number of hydrogen-bond acceptors (Lipinski definition) is 6. The third-order valence-electron chi connectivity index (χ3n) is 5.61. The number of nitrogens with one attached hydrogen (secondary N) is 2. The van der Waals surface area contributed by atoms with Gasteiger partial charge in [0.05, 0.1) is 13.2 Å². The molecule has 0 aliphatic carbocycles. The van der Waals surface area contributed by atoms with Gasteiger partial charge in [-0.25, -0.2) is 4.39 Å². The summed E-state index contributed by atoms with van der Waals surface area (Å²) in [5.74, 6) is 2.68. The summed E-state index contributed by atoms with van der Waals surface area (Å²) in [5.41, 5.74) is 0.941. The Balaban J connectivity index is 1.48. The smallest absolute Gasteiger partial charge is 0.232 e. The summed E-state index contributed by atoms with van der Waals surface area (Å²) >= 11 is 5.46. The molecule has 2 N–H and O–H groups in total. The number of benzene rings is 1. The summed E-state index contributed by atoms with van der Waals surface area (Å²) in [6, 6.07) is 8.42. The molecular weight excluding hydrogens is 415 g/mol. The van der Waals surface area contributed by atoms with Crippen LogP contribution in [0.25, 0.3) is 0 Å². The van der Waals surface area contributed by atoms with E-state index in [0.29, 0.717) is 36.7 Å². The van der Waals surface area contributed by atoms with Gasteiger partial charge in [0, 0.05) is 38.8 Å². The van der Waals surface area contributed by atoms with Crippen LogP contribution in [0.2, 0.25) is 0 Å². The molecule has 9 heteroatoms. The van der Waals surface area contributed by atoms with Crippen LogP contribution < -0.4 is 20.4 Å². The van der Waals surface area contributed by atoms with E-state index in [1.165, 1.54) is 25.0 Å². The Morgan fingerprint density at radius 3 is 2.55 bits per heavy atom. The zero-order valence-electron chi connectivity index (χ0n) is 17.8. The van der Waals surface area contributed by atoms with Crippen LogP contribution in [0.3, 0.4) is 0 Å². The molecule has 2 aliphatic rings. The fraction of sp³-hybridized carbons (Fsp3) is 0.500. The molecule has 4 rings (SSSR count). The number of anilines is 3. The largest absolute Gasteiger partial charge is 0.378 e. The molecule has 0 radical (unpaired) electrons. The lowest BCUT2D eigenvalue weighted by atomic mass is 10.0. The second-order valence-corrected chi connectivity index (χ2v) is 8.54. The molecule has 3 heterocycles. The molecule has 0 unspecified atom stereocenters. The molecule has 0 spiro atoms. The van der Waals surface area contributed by atoms with Crippen LogP contribution >= 0.6 is 12.2 Å². The molecule has 31 heavy (non-hydrogen) atoms. The maximum absolute atomic E-state index is 13.1. The van der Waals surface area contributed by atoms with Crippen LogP contribution in [0.15, 0.2) is 30.3 Å². The number of halogens is 1. The quantitative estimate of drug-likeness (QED) is 0.682. The van der Waals surface area contributed by atoms with Crippen molar-refractivity contribution >= 4 is 34.9 Å². The van der Waals surface area contributed by atoms with Gasteiger partial charge in [-0.05, 0) is 48.7 Å². The van der Waals surface area contributed by atoms with E-state index >= 15 is 0 Å². The molecule has 0 saturated carbocycles. The molecule has 1 aromatic heterocycles. The van der Waals surface area contributed by atoms with Crippen LogP contribution in [0, 0.1) is 11.7 Å². The summed E-state index contributed by atoms with van der Waals surface area (Å²) in [6.45, 7) is 7.76. The molecule has 2 aromatic rings. The minimum Gasteiger partial charge on any atom is -0.378 e. The second kappa shape index (κ2) is 10.2. The number of piperidine rings is 1. The van der Waals surface area contributed by atoms with Gasteiger partial charge in [-0.1, -0.05) is 19.1 Å². The first kappa shape index (κ1) is 21.7. The van der Waals surface area contributed by atoms with Gasteiger partial charge >= 0.3 is 0 Å². The zero-order valence-corrected chi connectivity index (χ0v) is 18.6. The third kappa shape index (κ3) is 6.01. The number of morpholine rings is 1. The summed E-state index contributed by atoms with van der Waals surface area (Å²) < 4.78 is 18.6. The van der Waals surface area contributed by atoms with E-state index in [4.69, 9.17) is 26.9 Å². The van der Waals surface area contributed by atoms with Gasteiger partial charge in [0.25, 0.3) is 0 Å². The van der Waals surface area contributed by atoms with Gasteiger partial charge in [0.15, 0.2) is 5.11 Å². The van der Waals surface area contributed by atoms with Gasteiger partial charge in [0.1, 0.15) is 17.5 Å². The van der Waals surface area contributed by atoms with Crippen molar-refractivity contribution < 1.29 is 9.13 Å². The van der Waals surface area contributed by atoms with E-state index in [1.54, 1.807) is 12.1 Å². The summed E-state index contributed by atoms with van der Waals surface area (Å²) in [6.07, 6.45) is 2.42. The van der Waals surface area contributed by atoms with Crippen LogP contribution in [0.4, 0.5) is 22.0 Å². The van der Waals surface area contributed by atoms with Crippen molar-refractivity contribution in [3.8, 4) is 0 Å². The van der Waals surface area contributed by atoms with E-state index in [1.807, 2.05) is 0 Å². The van der Waals surface area contributed by atoms with Gasteiger partial charge in [-0.15, -0.1) is 0 Å². The van der Waals surface area contributed by atoms with E-state index in [2.05, 4.69) is 33.4 Å². The highest BCUT2D eigenvalue weighted by atomic mass is 32.1. The topological polar surface area (TPSA) is 65.6 Å². The first-order valence-corrected chi connectivity index (χ1v) is 11.2. The Kier molecular flexibility index (Phi) is 7.14. The fourth-order valence-electron chi connectivity index (χ4n) is 3.92. The number of nitrogens with zero attached hydrogens (tertiary/aromatic N) is 4. The molecule has 166 valence electrons. The SMILES string of the molecule is C[C@@H]1CCCN(c2cc(N3CCOCC3)nc(NC(=S)NCc3ccc(F)cc3)n2)C1. The highest BCUT2D eigenvalue weighted by Crippen LogP contribution is 2.26. The molecule has 0 bridgehead atoms. The fourth-order valence-corrected chi connectivity index (χ4v) is 4.09. The van der Waals surface area contributed by atoms with Crippen molar-refractivity contribution in [2.24, 2.45) is 5.92 Å². The molecular formula is C22H29FN6OS. The van der Waals surface area contributed by atoms with Gasteiger partial charge in [0.2, 0.25) is 5.95 Å². The summed E-state index contributed by atoms with van der Waals surface area (Å²) in [5, 5.41) is 6.71. The molecule has 2 saturated heterocycles. The maximum Gasteiger partial charge on any atom is 0.232 e. The van der Waals surface area contributed by atoms with Crippen molar-refractivity contribution in [3.05, 3.63) is 41.7 Å². The van der Waals surface area contributed by atoms with Crippen LogP contribution in [-0.2, 0) is 11.3 Å². The highest BCUT2D eigenvalue weighted by molar-refractivity contribution is 7.80. The van der Waals surface area contributed by atoms with Crippen LogP contribution in [0.1, 0.15) is 25.3 Å². The minimum absolute atomic E-state index is 0.252. The average molecular weight is 445 g/mol. The van der Waals surface area contributed by atoms with Crippen LogP contribution in [0.5, 0.6) is 0 Å². The van der Waals surface area contributed by atoms with Crippen molar-refractivity contribution in [2.45, 2.75) is 26.3 Å². The Labute approximate surface area is 188 Å². The lowest BCUT2D eigenvalue weighted by Gasteiger charge is -2.33. The normalized spacial score (nSPS) is 19.2. The first-order valence-electron chi connectivity index (χ1n) is 10.8. The molecule has 1 atom stereocenters. The lowest BCUT2D eigenvalue weighted by Crippen LogP contribution is -2.38. The zero-order chi connectivity index (χ0) is 21.6. The van der Waals surface area contributed by atoms with Crippen molar-refractivity contribution in [1.82, 2.24) is 15.3 Å². The van der Waals surface area contributed by atoms with Crippen LogP contribution in [-0.4, -0.2) is 54.5 Å². The summed E-state index contributed by atoms with van der Waals surface area (Å²) in [4.78, 5) is 14.0. The number of hydrogen-bond donors (Lipinski definition) is 2. The maximum atomic E-state index is 13.1. The monoisotopic (exact) mass is 444 g/mol. The summed E-state index contributed by atoms with van der Waals surface area (Å²) in [7, 11) is 0. The van der Waals surface area contributed by atoms with E-state index in [9.17, 15) is 4.39 Å². The molecule has 0 amide bonds. The number of ether oxygens (including phenoxy) is 1. The van der Waals surface area contributed by atoms with Crippen molar-refractivity contribution in [1.29, 1.82) is 0 Å². The van der Waals surface area contributed by atoms with Crippen molar-refractivity contribution in [3.63, 3.8) is 0 Å². The van der Waals surface area contributed by atoms with Gasteiger partial charge < -0.3 is 25.2 Å². The Morgan fingerprint density at radius 1 is 1.13 bits per heavy atom. The molecule has 2 fully saturated rings.